The van der Waals surface area contributed by atoms with Crippen LogP contribution in [0.15, 0.2) is 72.9 Å². The molecule has 0 spiro atoms. The molecule has 1 aliphatic rings. The van der Waals surface area contributed by atoms with Gasteiger partial charge in [-0.2, -0.15) is 0 Å². The molecule has 1 aliphatic heterocycles. The van der Waals surface area contributed by atoms with Gasteiger partial charge in [-0.05, 0) is 29.3 Å². The molecule has 6 heteroatoms. The number of nitrogens with one attached hydrogen (secondary N) is 1. The van der Waals surface area contributed by atoms with E-state index in [0.29, 0.717) is 30.5 Å². The maximum atomic E-state index is 12.4. The van der Waals surface area contributed by atoms with Crippen molar-refractivity contribution in [2.45, 2.75) is 19.3 Å². The molecule has 2 aromatic carbocycles. The molecule has 0 aliphatic carbocycles. The highest BCUT2D eigenvalue weighted by Crippen LogP contribution is 2.30. The quantitative estimate of drug-likeness (QED) is 0.716. The van der Waals surface area contributed by atoms with Crippen molar-refractivity contribution in [3.05, 3.63) is 84.1 Å². The highest BCUT2D eigenvalue weighted by Gasteiger charge is 2.26. The van der Waals surface area contributed by atoms with E-state index in [9.17, 15) is 4.79 Å². The van der Waals surface area contributed by atoms with E-state index in [-0.39, 0.29) is 12.5 Å². The Balaban J connectivity index is 1.30. The van der Waals surface area contributed by atoms with Gasteiger partial charge in [0.25, 0.3) is 5.91 Å². The first-order valence-corrected chi connectivity index (χ1v) is 9.06. The fourth-order valence-corrected chi connectivity index (χ4v) is 2.82. The number of hydrogen-bond donors (Lipinski definition) is 1. The van der Waals surface area contributed by atoms with Crippen LogP contribution in [0, 0.1) is 0 Å². The summed E-state index contributed by atoms with van der Waals surface area (Å²) in [4.78, 5) is 16.6. The first kappa shape index (κ1) is 17.9. The van der Waals surface area contributed by atoms with E-state index in [0.717, 1.165) is 11.1 Å². The minimum Gasteiger partial charge on any atom is -0.485 e. The van der Waals surface area contributed by atoms with Crippen LogP contribution >= 0.6 is 0 Å². The Morgan fingerprint density at radius 1 is 1.04 bits per heavy atom. The van der Waals surface area contributed by atoms with Crippen LogP contribution in [0.3, 0.4) is 0 Å². The van der Waals surface area contributed by atoms with Gasteiger partial charge < -0.3 is 19.5 Å². The normalized spacial score (nSPS) is 14.9. The standard InChI is InChI=1S/C22H20N2O4/c25-22(20-15-26-18-8-4-5-9-19(18)28-20)24-13-17-10-11-23-21(12-17)27-14-16-6-2-1-3-7-16/h1-12,20H,13-15H2,(H,24,25). The average Bonchev–Trinajstić information content (AvgIpc) is 2.77. The van der Waals surface area contributed by atoms with E-state index < -0.39 is 6.10 Å². The number of para-hydroxylation sites is 2. The van der Waals surface area contributed by atoms with Crippen molar-refractivity contribution in [1.29, 1.82) is 0 Å². The molecule has 1 atom stereocenters. The number of nitrogens with zero attached hydrogens (tertiary/aromatic N) is 1. The van der Waals surface area contributed by atoms with Crippen LogP contribution in [0.1, 0.15) is 11.1 Å². The predicted molar refractivity (Wildman–Crippen MR) is 103 cm³/mol. The maximum Gasteiger partial charge on any atom is 0.264 e. The van der Waals surface area contributed by atoms with Crippen molar-refractivity contribution in [3.63, 3.8) is 0 Å². The van der Waals surface area contributed by atoms with Crippen LogP contribution in [-0.2, 0) is 17.9 Å². The summed E-state index contributed by atoms with van der Waals surface area (Å²) >= 11 is 0. The van der Waals surface area contributed by atoms with Gasteiger partial charge in [-0.25, -0.2) is 4.98 Å². The van der Waals surface area contributed by atoms with Crippen LogP contribution in [0.2, 0.25) is 0 Å². The molecule has 1 N–H and O–H groups in total. The molecule has 0 fully saturated rings. The summed E-state index contributed by atoms with van der Waals surface area (Å²) in [5.41, 5.74) is 1.96. The Morgan fingerprint density at radius 2 is 1.82 bits per heavy atom. The van der Waals surface area contributed by atoms with Gasteiger partial charge in [0.2, 0.25) is 12.0 Å². The van der Waals surface area contributed by atoms with Gasteiger partial charge in [0, 0.05) is 18.8 Å². The Labute approximate surface area is 163 Å². The second kappa shape index (κ2) is 8.43. The molecular formula is C22H20N2O4. The molecule has 6 nitrogen and oxygen atoms in total. The fourth-order valence-electron chi connectivity index (χ4n) is 2.82. The number of aromatic nitrogens is 1. The van der Waals surface area contributed by atoms with Crippen molar-refractivity contribution >= 4 is 5.91 Å². The molecule has 1 aromatic heterocycles. The first-order valence-electron chi connectivity index (χ1n) is 9.06. The Hall–Kier alpha value is -3.54. The summed E-state index contributed by atoms with van der Waals surface area (Å²) in [5.74, 6) is 1.52. The third-order valence-corrected chi connectivity index (χ3v) is 4.30. The summed E-state index contributed by atoms with van der Waals surface area (Å²) in [7, 11) is 0. The summed E-state index contributed by atoms with van der Waals surface area (Å²) in [6.45, 7) is 0.978. The van der Waals surface area contributed by atoms with Gasteiger partial charge >= 0.3 is 0 Å². The fraction of sp³-hybridized carbons (Fsp3) is 0.182. The predicted octanol–water partition coefficient (Wildman–Crippen LogP) is 3.12. The third kappa shape index (κ3) is 4.40. The molecule has 0 saturated carbocycles. The second-order valence-electron chi connectivity index (χ2n) is 6.36. The van der Waals surface area contributed by atoms with E-state index in [2.05, 4.69) is 10.3 Å². The largest absolute Gasteiger partial charge is 0.485 e. The summed E-state index contributed by atoms with van der Waals surface area (Å²) < 4.78 is 17.0. The molecule has 0 radical (unpaired) electrons. The number of benzene rings is 2. The van der Waals surface area contributed by atoms with Crippen LogP contribution in [-0.4, -0.2) is 23.6 Å². The smallest absolute Gasteiger partial charge is 0.264 e. The van der Waals surface area contributed by atoms with Gasteiger partial charge in [-0.15, -0.1) is 0 Å². The van der Waals surface area contributed by atoms with Gasteiger partial charge in [-0.3, -0.25) is 4.79 Å². The van der Waals surface area contributed by atoms with Crippen molar-refractivity contribution in [2.24, 2.45) is 0 Å². The minimum absolute atomic E-state index is 0.185. The number of fused-ring (bicyclic) bond motifs is 1. The van der Waals surface area contributed by atoms with E-state index in [4.69, 9.17) is 14.2 Å². The van der Waals surface area contributed by atoms with E-state index in [1.54, 1.807) is 12.3 Å². The second-order valence-corrected chi connectivity index (χ2v) is 6.36. The molecule has 2 heterocycles. The number of carbonyl (C=O) groups excluding carboxylic acids is 1. The van der Waals surface area contributed by atoms with E-state index in [1.807, 2.05) is 60.7 Å². The lowest BCUT2D eigenvalue weighted by molar-refractivity contribution is -0.130. The van der Waals surface area contributed by atoms with Crippen LogP contribution in [0.4, 0.5) is 0 Å². The van der Waals surface area contributed by atoms with Crippen LogP contribution in [0.5, 0.6) is 17.4 Å². The molecule has 0 bridgehead atoms. The van der Waals surface area contributed by atoms with Crippen molar-refractivity contribution in [1.82, 2.24) is 10.3 Å². The third-order valence-electron chi connectivity index (χ3n) is 4.30. The number of hydrogen-bond acceptors (Lipinski definition) is 5. The van der Waals surface area contributed by atoms with Crippen molar-refractivity contribution < 1.29 is 19.0 Å². The van der Waals surface area contributed by atoms with Crippen molar-refractivity contribution in [2.75, 3.05) is 6.61 Å². The van der Waals surface area contributed by atoms with Gasteiger partial charge in [0.1, 0.15) is 13.2 Å². The zero-order valence-electron chi connectivity index (χ0n) is 15.2. The number of carbonyl (C=O) groups is 1. The average molecular weight is 376 g/mol. The minimum atomic E-state index is -0.675. The lowest BCUT2D eigenvalue weighted by atomic mass is 10.2. The Morgan fingerprint density at radius 3 is 2.68 bits per heavy atom. The van der Waals surface area contributed by atoms with Crippen LogP contribution < -0.4 is 19.5 Å². The number of pyridine rings is 1. The lowest BCUT2D eigenvalue weighted by Crippen LogP contribution is -2.43. The lowest BCUT2D eigenvalue weighted by Gasteiger charge is -2.25. The van der Waals surface area contributed by atoms with Gasteiger partial charge in [0.05, 0.1) is 0 Å². The first-order chi connectivity index (χ1) is 13.8. The Bertz CT molecular complexity index is 946. The van der Waals surface area contributed by atoms with E-state index >= 15 is 0 Å². The molecule has 1 amide bonds. The molecule has 3 aromatic rings. The van der Waals surface area contributed by atoms with E-state index in [1.165, 1.54) is 0 Å². The van der Waals surface area contributed by atoms with Crippen molar-refractivity contribution in [3.8, 4) is 17.4 Å². The highest BCUT2D eigenvalue weighted by molar-refractivity contribution is 5.81. The Kier molecular flexibility index (Phi) is 5.38. The molecule has 142 valence electrons. The topological polar surface area (TPSA) is 69.7 Å². The van der Waals surface area contributed by atoms with Gasteiger partial charge in [-0.1, -0.05) is 42.5 Å². The molecule has 28 heavy (non-hydrogen) atoms. The number of ether oxygens (including phenoxy) is 3. The van der Waals surface area contributed by atoms with Gasteiger partial charge in [0.15, 0.2) is 11.5 Å². The highest BCUT2D eigenvalue weighted by atomic mass is 16.6. The molecule has 1 unspecified atom stereocenters. The maximum absolute atomic E-state index is 12.4. The van der Waals surface area contributed by atoms with Crippen LogP contribution in [0.25, 0.3) is 0 Å². The zero-order chi connectivity index (χ0) is 19.2. The molecular weight excluding hydrogens is 356 g/mol. The summed E-state index contributed by atoms with van der Waals surface area (Å²) in [6, 6.07) is 20.8. The molecule has 4 rings (SSSR count). The zero-order valence-corrected chi connectivity index (χ0v) is 15.2. The monoisotopic (exact) mass is 376 g/mol. The summed E-state index contributed by atoms with van der Waals surface area (Å²) in [6.07, 6.45) is 0.990. The number of rotatable bonds is 6. The summed E-state index contributed by atoms with van der Waals surface area (Å²) in [5, 5.41) is 2.87. The SMILES string of the molecule is O=C(NCc1ccnc(OCc2ccccc2)c1)C1COc2ccccc2O1. The number of amides is 1. The molecule has 0 saturated heterocycles.